The van der Waals surface area contributed by atoms with E-state index in [-0.39, 0.29) is 15.4 Å². The van der Waals surface area contributed by atoms with E-state index in [1.165, 1.54) is 12.8 Å². The molecule has 2 unspecified atom stereocenters. The number of piperidine rings is 3. The van der Waals surface area contributed by atoms with Gasteiger partial charge >= 0.3 is 5.97 Å². The Morgan fingerprint density at radius 1 is 1.10 bits per heavy atom. The number of hydrogen-bond donors (Lipinski definition) is 2. The fraction of sp³-hybridized carbons (Fsp3) is 0.458. The molecule has 158 valence electrons. The molecule has 3 aliphatic rings. The number of aryl methyl sites for hydroxylation is 1. The van der Waals surface area contributed by atoms with Crippen LogP contribution in [0.25, 0.3) is 0 Å². The number of fused-ring (bicyclic) bond motifs is 3. The van der Waals surface area contributed by atoms with E-state index < -0.39 is 11.6 Å². The van der Waals surface area contributed by atoms with Crippen LogP contribution in [0.5, 0.6) is 5.75 Å². The summed E-state index contributed by atoms with van der Waals surface area (Å²) in [5.41, 5.74) is 1.28. The molecular formula is C24H33NO4. The number of hydrogen-bond acceptors (Lipinski definition) is 4. The molecule has 2 atom stereocenters. The van der Waals surface area contributed by atoms with Crippen LogP contribution < -0.4 is 4.74 Å². The third kappa shape index (κ3) is 4.46. The van der Waals surface area contributed by atoms with Gasteiger partial charge in [0, 0.05) is 15.3 Å². The summed E-state index contributed by atoms with van der Waals surface area (Å²) in [5, 5.41) is 20.7. The Balaban J connectivity index is 0.00000171. The molecular weight excluding hydrogens is 366 g/mol. The van der Waals surface area contributed by atoms with Crippen molar-refractivity contribution in [2.45, 2.75) is 31.3 Å². The number of carboxylic acid groups (broad SMARTS) is 1. The minimum atomic E-state index is -0.987. The van der Waals surface area contributed by atoms with Crippen LogP contribution in [0.4, 0.5) is 0 Å². The number of ether oxygens (including phenoxy) is 1. The Bertz CT molecular complexity index is 825. The van der Waals surface area contributed by atoms with E-state index in [4.69, 9.17) is 9.84 Å². The summed E-state index contributed by atoms with van der Waals surface area (Å²) in [4.78, 5) is 13.1. The number of rotatable bonds is 8. The van der Waals surface area contributed by atoms with E-state index in [2.05, 4.69) is 17.0 Å². The Hall–Kier alpha value is -2.37. The lowest BCUT2D eigenvalue weighted by atomic mass is 9.66. The van der Waals surface area contributed by atoms with Crippen molar-refractivity contribution < 1.29 is 22.6 Å². The van der Waals surface area contributed by atoms with Crippen molar-refractivity contribution in [2.75, 3.05) is 26.2 Å². The number of aliphatic carboxylic acids is 1. The van der Waals surface area contributed by atoms with Gasteiger partial charge in [-0.05, 0) is 68.0 Å². The van der Waals surface area contributed by atoms with Gasteiger partial charge in [-0.2, -0.15) is 0 Å². The highest BCUT2D eigenvalue weighted by molar-refractivity contribution is 5.68. The lowest BCUT2D eigenvalue weighted by Gasteiger charge is -2.51. The van der Waals surface area contributed by atoms with Crippen LogP contribution in [-0.4, -0.2) is 47.3 Å². The van der Waals surface area contributed by atoms with Crippen LogP contribution in [-0.2, 0) is 16.8 Å². The zero-order valence-electron chi connectivity index (χ0n) is 16.7. The number of nitrogens with zero attached hydrogens (tertiary/aromatic N) is 1. The van der Waals surface area contributed by atoms with Gasteiger partial charge in [0.1, 0.15) is 5.75 Å². The average Bonchev–Trinajstić information content (AvgIpc) is 2.78. The molecule has 29 heavy (non-hydrogen) atoms. The molecule has 2 aromatic carbocycles. The van der Waals surface area contributed by atoms with E-state index in [1.54, 1.807) is 12.1 Å². The van der Waals surface area contributed by atoms with Crippen molar-refractivity contribution in [3.63, 3.8) is 0 Å². The largest absolute Gasteiger partial charge is 0.482 e. The first-order valence-corrected chi connectivity index (χ1v) is 10.5. The normalized spacial score (nSPS) is 25.3. The third-order valence-electron chi connectivity index (χ3n) is 6.62. The fourth-order valence-corrected chi connectivity index (χ4v) is 5.01. The monoisotopic (exact) mass is 399 g/mol. The molecule has 0 aromatic heterocycles. The summed E-state index contributed by atoms with van der Waals surface area (Å²) >= 11 is 0. The van der Waals surface area contributed by atoms with E-state index >= 15 is 0 Å². The van der Waals surface area contributed by atoms with E-state index in [0.717, 1.165) is 37.2 Å². The average molecular weight is 400 g/mol. The fourth-order valence-electron chi connectivity index (χ4n) is 5.01. The first kappa shape index (κ1) is 19.9. The van der Waals surface area contributed by atoms with Crippen molar-refractivity contribution in [1.29, 1.82) is 0 Å². The summed E-state index contributed by atoms with van der Waals surface area (Å²) in [6.07, 6.45) is 3.78. The van der Waals surface area contributed by atoms with Gasteiger partial charge in [-0.15, -0.1) is 0 Å². The Morgan fingerprint density at radius 3 is 2.38 bits per heavy atom. The molecule has 0 radical (unpaired) electrons. The van der Waals surface area contributed by atoms with Crippen molar-refractivity contribution in [3.8, 4) is 5.75 Å². The van der Waals surface area contributed by atoms with Crippen molar-refractivity contribution in [2.24, 2.45) is 11.8 Å². The minimum absolute atomic E-state index is 0. The number of benzene rings is 2. The second kappa shape index (κ2) is 8.56. The molecule has 0 spiro atoms. The third-order valence-corrected chi connectivity index (χ3v) is 6.62. The van der Waals surface area contributed by atoms with E-state index in [9.17, 15) is 9.90 Å². The molecule has 3 aliphatic heterocycles. The van der Waals surface area contributed by atoms with Gasteiger partial charge < -0.3 is 19.8 Å². The molecule has 2 aromatic rings. The maximum absolute atomic E-state index is 12.0. The summed E-state index contributed by atoms with van der Waals surface area (Å²) in [6, 6.07) is 17.6. The zero-order chi connectivity index (χ0) is 20.3. The van der Waals surface area contributed by atoms with Crippen LogP contribution in [0.1, 0.15) is 33.2 Å². The van der Waals surface area contributed by atoms with Gasteiger partial charge in [-0.1, -0.05) is 42.5 Å². The van der Waals surface area contributed by atoms with E-state index in [1.807, 2.05) is 30.3 Å². The van der Waals surface area contributed by atoms with Gasteiger partial charge in [0.2, 0.25) is 0 Å². The highest BCUT2D eigenvalue weighted by atomic mass is 16.5. The van der Waals surface area contributed by atoms with Crippen LogP contribution in [0, 0.1) is 11.8 Å². The molecule has 5 heteroatoms. The van der Waals surface area contributed by atoms with Gasteiger partial charge in [-0.3, -0.25) is 0 Å². The highest BCUT2D eigenvalue weighted by Crippen LogP contribution is 2.45. The van der Waals surface area contributed by atoms with Crippen LogP contribution >= 0.6 is 0 Å². The SMILES string of the molecule is O=C(O)COc1ccc(CCC(O)(c2ccccc2)C2CN3CCC2CC3)cc1.[HH].[HH]. The van der Waals surface area contributed by atoms with Crippen molar-refractivity contribution in [3.05, 3.63) is 65.7 Å². The summed E-state index contributed by atoms with van der Waals surface area (Å²) in [6.45, 7) is 2.94. The quantitative estimate of drug-likeness (QED) is 0.706. The van der Waals surface area contributed by atoms with Crippen LogP contribution in [0.3, 0.4) is 0 Å². The molecule has 3 saturated heterocycles. The van der Waals surface area contributed by atoms with Crippen molar-refractivity contribution >= 4 is 5.97 Å². The first-order chi connectivity index (χ1) is 14.0. The maximum Gasteiger partial charge on any atom is 0.341 e. The summed E-state index contributed by atoms with van der Waals surface area (Å²) in [7, 11) is 0. The second-order valence-electron chi connectivity index (χ2n) is 8.36. The number of carbonyl (C=O) groups is 1. The molecule has 2 bridgehead atoms. The number of carboxylic acids is 1. The molecule has 2 N–H and O–H groups in total. The lowest BCUT2D eigenvalue weighted by molar-refractivity contribution is -0.139. The Kier molecular flexibility index (Phi) is 5.88. The minimum Gasteiger partial charge on any atom is -0.482 e. The Morgan fingerprint density at radius 2 is 1.79 bits per heavy atom. The number of aliphatic hydroxyl groups is 1. The molecule has 0 amide bonds. The molecule has 0 saturated carbocycles. The standard InChI is InChI=1S/C24H29NO4.2H2/c26-23(27)17-29-21-8-6-18(7-9-21)10-13-24(28,20-4-2-1-3-5-20)22-16-25-14-11-19(22)12-15-25;;/h1-9,19,22,28H,10-17H2,(H,26,27);2*1H. The van der Waals surface area contributed by atoms with E-state index in [0.29, 0.717) is 18.1 Å². The smallest absolute Gasteiger partial charge is 0.341 e. The van der Waals surface area contributed by atoms with Crippen LogP contribution in [0.15, 0.2) is 54.6 Å². The topological polar surface area (TPSA) is 70.0 Å². The Labute approximate surface area is 174 Å². The molecule has 3 fully saturated rings. The van der Waals surface area contributed by atoms with Gasteiger partial charge in [-0.25, -0.2) is 4.79 Å². The molecule has 5 nitrogen and oxygen atoms in total. The highest BCUT2D eigenvalue weighted by Gasteiger charge is 2.47. The molecule has 5 rings (SSSR count). The molecule has 0 aliphatic carbocycles. The predicted molar refractivity (Wildman–Crippen MR) is 115 cm³/mol. The summed E-state index contributed by atoms with van der Waals surface area (Å²) in [5.74, 6) is 0.397. The van der Waals surface area contributed by atoms with Gasteiger partial charge in [0.15, 0.2) is 6.61 Å². The summed E-state index contributed by atoms with van der Waals surface area (Å²) < 4.78 is 5.21. The van der Waals surface area contributed by atoms with Gasteiger partial charge in [0.25, 0.3) is 0 Å². The van der Waals surface area contributed by atoms with Crippen LogP contribution in [0.2, 0.25) is 0 Å². The first-order valence-electron chi connectivity index (χ1n) is 10.5. The van der Waals surface area contributed by atoms with Gasteiger partial charge in [0.05, 0.1) is 5.60 Å². The van der Waals surface area contributed by atoms with Crippen molar-refractivity contribution in [1.82, 2.24) is 4.90 Å². The predicted octanol–water partition coefficient (Wildman–Crippen LogP) is 3.80. The lowest BCUT2D eigenvalue weighted by Crippen LogP contribution is -2.55. The second-order valence-corrected chi connectivity index (χ2v) is 8.36. The maximum atomic E-state index is 12.0. The zero-order valence-corrected chi connectivity index (χ0v) is 16.7. The molecule has 3 heterocycles.